The van der Waals surface area contributed by atoms with Gasteiger partial charge in [0, 0.05) is 19.5 Å². The molecule has 0 bridgehead atoms. The maximum Gasteiger partial charge on any atom is 0.222 e. The van der Waals surface area contributed by atoms with Crippen LogP contribution in [0.5, 0.6) is 0 Å². The molecule has 0 saturated heterocycles. The van der Waals surface area contributed by atoms with Crippen molar-refractivity contribution in [1.82, 2.24) is 4.90 Å². The van der Waals surface area contributed by atoms with E-state index in [0.29, 0.717) is 24.3 Å². The summed E-state index contributed by atoms with van der Waals surface area (Å²) in [6.45, 7) is 2.08. The molecule has 0 radical (unpaired) electrons. The standard InChI is InChI=1S/C19H27NO2/c1-13-3-5-14(6-4-13)7-8-19(22)20(2)17-9-15-11-18(21)12-16(15)10-17/h3-6,15-18,21H,7-12H2,1-2H3/t15-,16+,17?,18?. The number of aliphatic hydroxyl groups is 1. The first kappa shape index (κ1) is 15.5. The van der Waals surface area contributed by atoms with E-state index < -0.39 is 0 Å². The van der Waals surface area contributed by atoms with Gasteiger partial charge in [0.2, 0.25) is 5.91 Å². The Morgan fingerprint density at radius 2 is 1.73 bits per heavy atom. The number of carbonyl (C=O) groups is 1. The molecule has 1 N–H and O–H groups in total. The van der Waals surface area contributed by atoms with E-state index in [1.54, 1.807) is 0 Å². The Morgan fingerprint density at radius 3 is 2.32 bits per heavy atom. The molecule has 2 aliphatic carbocycles. The minimum absolute atomic E-state index is 0.0986. The average molecular weight is 301 g/mol. The summed E-state index contributed by atoms with van der Waals surface area (Å²) in [6.07, 6.45) is 5.34. The topological polar surface area (TPSA) is 40.5 Å². The number of amides is 1. The number of hydrogen-bond acceptors (Lipinski definition) is 2. The first-order valence-electron chi connectivity index (χ1n) is 8.52. The summed E-state index contributed by atoms with van der Waals surface area (Å²) in [5, 5.41) is 9.72. The number of rotatable bonds is 4. The minimum Gasteiger partial charge on any atom is -0.393 e. The van der Waals surface area contributed by atoms with E-state index in [4.69, 9.17) is 0 Å². The van der Waals surface area contributed by atoms with Crippen molar-refractivity contribution in [2.45, 2.75) is 57.6 Å². The summed E-state index contributed by atoms with van der Waals surface area (Å²) < 4.78 is 0. The fourth-order valence-electron chi connectivity index (χ4n) is 4.25. The highest BCUT2D eigenvalue weighted by molar-refractivity contribution is 5.76. The fourth-order valence-corrected chi connectivity index (χ4v) is 4.25. The maximum atomic E-state index is 12.4. The number of aliphatic hydroxyl groups excluding tert-OH is 1. The number of benzene rings is 1. The lowest BCUT2D eigenvalue weighted by molar-refractivity contribution is -0.131. The van der Waals surface area contributed by atoms with Gasteiger partial charge in [-0.2, -0.15) is 0 Å². The third kappa shape index (κ3) is 3.35. The lowest BCUT2D eigenvalue weighted by Gasteiger charge is -2.25. The van der Waals surface area contributed by atoms with Crippen LogP contribution < -0.4 is 0 Å². The number of nitrogens with zero attached hydrogens (tertiary/aromatic N) is 1. The molecule has 2 fully saturated rings. The predicted molar refractivity (Wildman–Crippen MR) is 87.5 cm³/mol. The van der Waals surface area contributed by atoms with E-state index in [1.165, 1.54) is 11.1 Å². The Morgan fingerprint density at radius 1 is 1.14 bits per heavy atom. The molecule has 1 aromatic carbocycles. The van der Waals surface area contributed by atoms with Crippen molar-refractivity contribution < 1.29 is 9.90 Å². The normalized spacial score (nSPS) is 30.3. The first-order chi connectivity index (χ1) is 10.5. The van der Waals surface area contributed by atoms with Crippen LogP contribution in [0.25, 0.3) is 0 Å². The van der Waals surface area contributed by atoms with Gasteiger partial charge < -0.3 is 10.0 Å². The van der Waals surface area contributed by atoms with Crippen LogP contribution in [0.2, 0.25) is 0 Å². The molecule has 2 unspecified atom stereocenters. The maximum absolute atomic E-state index is 12.4. The number of fused-ring (bicyclic) bond motifs is 1. The quantitative estimate of drug-likeness (QED) is 0.929. The zero-order valence-electron chi connectivity index (χ0n) is 13.7. The van der Waals surface area contributed by atoms with E-state index in [0.717, 1.165) is 32.1 Å². The van der Waals surface area contributed by atoms with E-state index in [-0.39, 0.29) is 12.0 Å². The van der Waals surface area contributed by atoms with Crippen molar-refractivity contribution in [2.75, 3.05) is 7.05 Å². The van der Waals surface area contributed by atoms with Crippen LogP contribution >= 0.6 is 0 Å². The molecule has 0 spiro atoms. The molecule has 120 valence electrons. The van der Waals surface area contributed by atoms with Crippen molar-refractivity contribution in [3.05, 3.63) is 35.4 Å². The average Bonchev–Trinajstić information content (AvgIpc) is 3.02. The molecule has 2 aliphatic rings. The number of aryl methyl sites for hydroxylation is 2. The third-order valence-corrected chi connectivity index (χ3v) is 5.66. The van der Waals surface area contributed by atoms with E-state index in [9.17, 15) is 9.90 Å². The number of hydrogen-bond donors (Lipinski definition) is 1. The zero-order chi connectivity index (χ0) is 15.7. The van der Waals surface area contributed by atoms with Crippen LogP contribution in [0.3, 0.4) is 0 Å². The van der Waals surface area contributed by atoms with Crippen LogP contribution in [0, 0.1) is 18.8 Å². The van der Waals surface area contributed by atoms with Gasteiger partial charge in [0.25, 0.3) is 0 Å². The van der Waals surface area contributed by atoms with Gasteiger partial charge in [-0.3, -0.25) is 4.79 Å². The second-order valence-corrected chi connectivity index (χ2v) is 7.26. The molecule has 22 heavy (non-hydrogen) atoms. The SMILES string of the molecule is Cc1ccc(CCC(=O)N(C)C2C[C@H]3CC(O)C[C@H]3C2)cc1. The molecular weight excluding hydrogens is 274 g/mol. The van der Waals surface area contributed by atoms with E-state index in [2.05, 4.69) is 31.2 Å². The molecule has 1 amide bonds. The molecule has 1 aromatic rings. The van der Waals surface area contributed by atoms with Gasteiger partial charge in [-0.1, -0.05) is 29.8 Å². The van der Waals surface area contributed by atoms with Crippen LogP contribution in [0.15, 0.2) is 24.3 Å². The highest BCUT2D eigenvalue weighted by Gasteiger charge is 2.42. The second kappa shape index (κ2) is 6.41. The molecule has 2 saturated carbocycles. The first-order valence-corrected chi connectivity index (χ1v) is 8.52. The molecule has 3 heteroatoms. The molecule has 0 aliphatic heterocycles. The minimum atomic E-state index is -0.0986. The van der Waals surface area contributed by atoms with Crippen molar-refractivity contribution in [3.63, 3.8) is 0 Å². The molecule has 3 nitrogen and oxygen atoms in total. The Hall–Kier alpha value is -1.35. The number of carbonyl (C=O) groups excluding carboxylic acids is 1. The zero-order valence-corrected chi connectivity index (χ0v) is 13.7. The summed E-state index contributed by atoms with van der Waals surface area (Å²) in [5.41, 5.74) is 2.49. The van der Waals surface area contributed by atoms with Gasteiger partial charge in [-0.15, -0.1) is 0 Å². The molecule has 3 rings (SSSR count). The van der Waals surface area contributed by atoms with E-state index in [1.807, 2.05) is 11.9 Å². The Labute approximate surface area is 133 Å². The van der Waals surface area contributed by atoms with Crippen molar-refractivity contribution in [2.24, 2.45) is 11.8 Å². The van der Waals surface area contributed by atoms with Gasteiger partial charge in [0.1, 0.15) is 0 Å². The largest absolute Gasteiger partial charge is 0.393 e. The summed E-state index contributed by atoms with van der Waals surface area (Å²) in [5.74, 6) is 1.52. The van der Waals surface area contributed by atoms with Crippen LogP contribution in [0.1, 0.15) is 43.2 Å². The lowest BCUT2D eigenvalue weighted by atomic mass is 10.0. The summed E-state index contributed by atoms with van der Waals surface area (Å²) in [7, 11) is 1.96. The third-order valence-electron chi connectivity index (χ3n) is 5.66. The van der Waals surface area contributed by atoms with E-state index >= 15 is 0 Å². The predicted octanol–water partition coefficient (Wildman–Crippen LogP) is 2.94. The highest BCUT2D eigenvalue weighted by atomic mass is 16.3. The highest BCUT2D eigenvalue weighted by Crippen LogP contribution is 2.45. The summed E-state index contributed by atoms with van der Waals surface area (Å²) in [6, 6.07) is 8.82. The van der Waals surface area contributed by atoms with Crippen LogP contribution in [-0.4, -0.2) is 35.1 Å². The fraction of sp³-hybridized carbons (Fsp3) is 0.632. The molecule has 0 heterocycles. The smallest absolute Gasteiger partial charge is 0.222 e. The van der Waals surface area contributed by atoms with Gasteiger partial charge >= 0.3 is 0 Å². The molecule has 4 atom stereocenters. The van der Waals surface area contributed by atoms with Crippen LogP contribution in [0.4, 0.5) is 0 Å². The summed E-state index contributed by atoms with van der Waals surface area (Å²) in [4.78, 5) is 14.4. The molecule has 0 aromatic heterocycles. The Balaban J connectivity index is 1.49. The molecular formula is C19H27NO2. The van der Waals surface area contributed by atoms with Crippen molar-refractivity contribution in [3.8, 4) is 0 Å². The van der Waals surface area contributed by atoms with Crippen molar-refractivity contribution in [1.29, 1.82) is 0 Å². The lowest BCUT2D eigenvalue weighted by Crippen LogP contribution is -2.36. The Bertz CT molecular complexity index is 511. The van der Waals surface area contributed by atoms with Gasteiger partial charge in [0.15, 0.2) is 0 Å². The van der Waals surface area contributed by atoms with Crippen molar-refractivity contribution >= 4 is 5.91 Å². The Kier molecular flexibility index (Phi) is 4.53. The summed E-state index contributed by atoms with van der Waals surface area (Å²) >= 11 is 0. The van der Waals surface area contributed by atoms with Crippen LogP contribution in [-0.2, 0) is 11.2 Å². The second-order valence-electron chi connectivity index (χ2n) is 7.26. The monoisotopic (exact) mass is 301 g/mol. The van der Waals surface area contributed by atoms with Gasteiger partial charge in [-0.25, -0.2) is 0 Å². The van der Waals surface area contributed by atoms with Gasteiger partial charge in [0.05, 0.1) is 6.10 Å². The van der Waals surface area contributed by atoms with Gasteiger partial charge in [-0.05, 0) is 56.4 Å².